The van der Waals surface area contributed by atoms with Crippen molar-refractivity contribution in [3.8, 4) is 0 Å². The largest absolute Gasteiger partial charge is 0.491 e. The molecule has 0 atom stereocenters. The summed E-state index contributed by atoms with van der Waals surface area (Å²) in [4.78, 5) is 22.8. The molecule has 0 bridgehead atoms. The van der Waals surface area contributed by atoms with Gasteiger partial charge in [-0.25, -0.2) is 0 Å². The minimum Gasteiger partial charge on any atom is -0.400 e. The molecule has 0 amide bonds. The Bertz CT molecular complexity index is 693. The molecule has 0 unspecified atom stereocenters. The second-order valence-electron chi connectivity index (χ2n) is 7.34. The van der Waals surface area contributed by atoms with Gasteiger partial charge in [0.2, 0.25) is 0 Å². The van der Waals surface area contributed by atoms with Gasteiger partial charge in [0.25, 0.3) is 0 Å². The molecule has 1 aromatic carbocycles. The molecule has 0 aliphatic carbocycles. The van der Waals surface area contributed by atoms with Gasteiger partial charge in [-0.05, 0) is 45.7 Å². The third kappa shape index (κ3) is 4.63. The minimum absolute atomic E-state index is 0.0299. The number of carbonyl (C=O) groups is 2. The number of thioether (sulfide) groups is 1. The minimum atomic E-state index is -0.545. The van der Waals surface area contributed by atoms with E-state index in [1.54, 1.807) is 6.07 Å². The van der Waals surface area contributed by atoms with E-state index in [2.05, 4.69) is 0 Å². The summed E-state index contributed by atoms with van der Waals surface area (Å²) in [5.41, 5.74) is 2.39. The van der Waals surface area contributed by atoms with Crippen LogP contribution in [0.3, 0.4) is 0 Å². The fraction of sp³-hybridized carbons (Fsp3) is 0.474. The fourth-order valence-corrected chi connectivity index (χ4v) is 3.07. The van der Waals surface area contributed by atoms with Crippen molar-refractivity contribution in [1.29, 1.82) is 0 Å². The van der Waals surface area contributed by atoms with Crippen LogP contribution in [0.1, 0.15) is 56.1 Å². The molecular weight excluding hydrogens is 335 g/mol. The average Bonchev–Trinajstić information content (AvgIpc) is 2.71. The van der Waals surface area contributed by atoms with Gasteiger partial charge in [-0.15, -0.1) is 0 Å². The Balaban J connectivity index is 2.42. The van der Waals surface area contributed by atoms with E-state index in [-0.39, 0.29) is 5.12 Å². The van der Waals surface area contributed by atoms with E-state index in [1.165, 1.54) is 18.7 Å². The molecule has 1 aliphatic heterocycles. The van der Waals surface area contributed by atoms with Crippen LogP contribution < -0.4 is 0 Å². The maximum atomic E-state index is 11.4. The fourth-order valence-electron chi connectivity index (χ4n) is 2.48. The zero-order valence-corrected chi connectivity index (χ0v) is 16.5. The van der Waals surface area contributed by atoms with E-state index in [0.717, 1.165) is 22.9 Å². The molecule has 0 aromatic heterocycles. The number of benzene rings is 1. The lowest BCUT2D eigenvalue weighted by Gasteiger charge is -2.32. The second-order valence-corrected chi connectivity index (χ2v) is 8.49. The number of rotatable bonds is 5. The molecule has 0 spiro atoms. The lowest BCUT2D eigenvalue weighted by molar-refractivity contribution is -0.109. The molecule has 4 nitrogen and oxygen atoms in total. The first kappa shape index (κ1) is 20.0. The predicted molar refractivity (Wildman–Crippen MR) is 104 cm³/mol. The Morgan fingerprint density at radius 2 is 1.76 bits per heavy atom. The lowest BCUT2D eigenvalue weighted by atomic mass is 9.78. The third-order valence-electron chi connectivity index (χ3n) is 4.71. The molecule has 0 radical (unpaired) electrons. The Kier molecular flexibility index (Phi) is 5.97. The zero-order chi connectivity index (χ0) is 18.8. The molecule has 25 heavy (non-hydrogen) atoms. The monoisotopic (exact) mass is 360 g/mol. The van der Waals surface area contributed by atoms with E-state index < -0.39 is 18.3 Å². The first-order chi connectivity index (χ1) is 11.6. The Morgan fingerprint density at radius 3 is 2.28 bits per heavy atom. The van der Waals surface area contributed by atoms with Crippen LogP contribution in [-0.4, -0.2) is 35.5 Å². The predicted octanol–water partition coefficient (Wildman–Crippen LogP) is 4.10. The topological polar surface area (TPSA) is 52.6 Å². The summed E-state index contributed by atoms with van der Waals surface area (Å²) in [6.45, 7) is 11.5. The molecule has 0 saturated carbocycles. The van der Waals surface area contributed by atoms with Crippen LogP contribution in [0.5, 0.6) is 0 Å². The van der Waals surface area contributed by atoms with Crippen molar-refractivity contribution in [3.63, 3.8) is 0 Å². The maximum Gasteiger partial charge on any atom is 0.491 e. The van der Waals surface area contributed by atoms with Crippen LogP contribution in [-0.2, 0) is 14.1 Å². The number of aldehydes is 1. The van der Waals surface area contributed by atoms with Crippen LogP contribution in [0.2, 0.25) is 0 Å². The molecule has 1 saturated heterocycles. The van der Waals surface area contributed by atoms with Gasteiger partial charge in [0.05, 0.1) is 11.2 Å². The van der Waals surface area contributed by atoms with Crippen molar-refractivity contribution in [3.05, 3.63) is 40.4 Å². The molecule has 2 rings (SSSR count). The molecule has 1 aliphatic rings. The van der Waals surface area contributed by atoms with Gasteiger partial charge in [-0.3, -0.25) is 9.59 Å². The summed E-state index contributed by atoms with van der Waals surface area (Å²) < 4.78 is 12.3. The van der Waals surface area contributed by atoms with Crippen LogP contribution in [0.4, 0.5) is 0 Å². The van der Waals surface area contributed by atoms with E-state index >= 15 is 0 Å². The first-order valence-electron chi connectivity index (χ1n) is 8.31. The summed E-state index contributed by atoms with van der Waals surface area (Å²) in [6.07, 6.45) is 2.75. The number of aryl methyl sites for hydroxylation is 1. The average molecular weight is 360 g/mol. The van der Waals surface area contributed by atoms with Gasteiger partial charge in [0, 0.05) is 18.2 Å². The summed E-state index contributed by atoms with van der Waals surface area (Å²) in [6, 6.07) is 5.65. The quantitative estimate of drug-likeness (QED) is 0.584. The molecule has 1 aromatic rings. The first-order valence-corrected chi connectivity index (χ1v) is 9.29. The standard InChI is InChI=1S/C19H25BO4S/c1-13-7-8-15(11-21)16(9-13)10-17(12-25-14(2)22)20-23-18(3,4)19(5,6)24-20/h7-11H,12H2,1-6H3. The van der Waals surface area contributed by atoms with Crippen LogP contribution >= 0.6 is 11.8 Å². The van der Waals surface area contributed by atoms with Crippen LogP contribution in [0.25, 0.3) is 6.08 Å². The van der Waals surface area contributed by atoms with Crippen molar-refractivity contribution < 1.29 is 18.9 Å². The Morgan fingerprint density at radius 1 is 1.16 bits per heavy atom. The number of carbonyl (C=O) groups excluding carboxylic acids is 2. The van der Waals surface area contributed by atoms with E-state index in [4.69, 9.17) is 9.31 Å². The highest BCUT2D eigenvalue weighted by molar-refractivity contribution is 8.13. The molecule has 1 heterocycles. The number of hydrogen-bond acceptors (Lipinski definition) is 5. The van der Waals surface area contributed by atoms with Crippen molar-refractivity contribution in [2.45, 2.75) is 52.7 Å². The van der Waals surface area contributed by atoms with Crippen LogP contribution in [0, 0.1) is 6.92 Å². The SMILES string of the molecule is CC(=O)SCC(=Cc1cc(C)ccc1C=O)B1OC(C)(C)C(C)(C)O1. The zero-order valence-electron chi connectivity index (χ0n) is 15.7. The van der Waals surface area contributed by atoms with Crippen LogP contribution in [0.15, 0.2) is 23.7 Å². The molecular formula is C19H25BO4S. The summed E-state index contributed by atoms with van der Waals surface area (Å²) in [5, 5.41) is 0.0299. The molecule has 1 fully saturated rings. The lowest BCUT2D eigenvalue weighted by Crippen LogP contribution is -2.41. The number of hydrogen-bond donors (Lipinski definition) is 0. The van der Waals surface area contributed by atoms with Gasteiger partial charge in [0.1, 0.15) is 0 Å². The maximum absolute atomic E-state index is 11.4. The summed E-state index contributed by atoms with van der Waals surface area (Å²) in [7, 11) is -0.545. The highest BCUT2D eigenvalue weighted by Crippen LogP contribution is 2.39. The van der Waals surface area contributed by atoms with Gasteiger partial charge in [-0.1, -0.05) is 41.6 Å². The van der Waals surface area contributed by atoms with Gasteiger partial charge in [0.15, 0.2) is 11.4 Å². The Hall–Kier alpha value is -1.37. The highest BCUT2D eigenvalue weighted by Gasteiger charge is 2.52. The summed E-state index contributed by atoms with van der Waals surface area (Å²) >= 11 is 1.21. The second kappa shape index (κ2) is 7.48. The van der Waals surface area contributed by atoms with Gasteiger partial charge in [-0.2, -0.15) is 0 Å². The van der Waals surface area contributed by atoms with Crippen molar-refractivity contribution in [2.75, 3.05) is 5.75 Å². The molecule has 0 N–H and O–H groups in total. The van der Waals surface area contributed by atoms with E-state index in [0.29, 0.717) is 11.3 Å². The highest BCUT2D eigenvalue weighted by atomic mass is 32.2. The van der Waals surface area contributed by atoms with Gasteiger partial charge < -0.3 is 9.31 Å². The smallest absolute Gasteiger partial charge is 0.400 e. The van der Waals surface area contributed by atoms with Crippen molar-refractivity contribution in [2.24, 2.45) is 0 Å². The Labute approximate surface area is 154 Å². The van der Waals surface area contributed by atoms with E-state index in [9.17, 15) is 9.59 Å². The van der Waals surface area contributed by atoms with E-state index in [1.807, 2.05) is 52.8 Å². The van der Waals surface area contributed by atoms with Crippen molar-refractivity contribution >= 4 is 36.4 Å². The molecule has 134 valence electrons. The third-order valence-corrected chi connectivity index (χ3v) is 5.59. The van der Waals surface area contributed by atoms with Gasteiger partial charge >= 0.3 is 7.12 Å². The summed E-state index contributed by atoms with van der Waals surface area (Å²) in [5.74, 6) is 0.457. The normalized spacial score (nSPS) is 19.1. The van der Waals surface area contributed by atoms with Crippen molar-refractivity contribution in [1.82, 2.24) is 0 Å². The molecule has 6 heteroatoms.